The highest BCUT2D eigenvalue weighted by Crippen LogP contribution is 2.22. The minimum Gasteiger partial charge on any atom is -0.379 e. The molecule has 0 aromatic heterocycles. The molecule has 1 atom stereocenters. The third kappa shape index (κ3) is 8.37. The average molecular weight is 436 g/mol. The molecular formula is C23H38FN5O2. The molecule has 2 aliphatic heterocycles. The van der Waals surface area contributed by atoms with Gasteiger partial charge in [0.1, 0.15) is 5.82 Å². The lowest BCUT2D eigenvalue weighted by atomic mass is 10.0. The highest BCUT2D eigenvalue weighted by atomic mass is 19.1. The van der Waals surface area contributed by atoms with Crippen molar-refractivity contribution in [3.63, 3.8) is 0 Å². The van der Waals surface area contributed by atoms with E-state index in [1.165, 1.54) is 18.6 Å². The van der Waals surface area contributed by atoms with Gasteiger partial charge in [0.15, 0.2) is 5.96 Å². The zero-order valence-corrected chi connectivity index (χ0v) is 18.8. The third-order valence-electron chi connectivity index (χ3n) is 5.81. The van der Waals surface area contributed by atoms with Gasteiger partial charge in [-0.05, 0) is 44.0 Å². The average Bonchev–Trinajstić information content (AvgIpc) is 2.81. The summed E-state index contributed by atoms with van der Waals surface area (Å²) in [5, 5.41) is 6.82. The summed E-state index contributed by atoms with van der Waals surface area (Å²) < 4.78 is 24.4. The summed E-state index contributed by atoms with van der Waals surface area (Å²) in [7, 11) is 0. The summed E-state index contributed by atoms with van der Waals surface area (Å²) >= 11 is 0. The van der Waals surface area contributed by atoms with Crippen LogP contribution in [0.2, 0.25) is 0 Å². The highest BCUT2D eigenvalue weighted by molar-refractivity contribution is 5.79. The van der Waals surface area contributed by atoms with Crippen molar-refractivity contribution in [2.24, 2.45) is 4.99 Å². The summed E-state index contributed by atoms with van der Waals surface area (Å²) in [5.41, 5.74) is 1.09. The molecule has 0 aliphatic carbocycles. The second-order valence-electron chi connectivity index (χ2n) is 8.02. The first kappa shape index (κ1) is 23.9. The van der Waals surface area contributed by atoms with Crippen LogP contribution in [0.1, 0.15) is 31.4 Å². The largest absolute Gasteiger partial charge is 0.379 e. The fraction of sp³-hybridized carbons (Fsp3) is 0.696. The molecule has 0 saturated carbocycles. The minimum absolute atomic E-state index is 0.112. The van der Waals surface area contributed by atoms with Crippen molar-refractivity contribution in [1.29, 1.82) is 0 Å². The number of halogens is 1. The summed E-state index contributed by atoms with van der Waals surface area (Å²) in [5.74, 6) is 0.634. The first-order valence-corrected chi connectivity index (χ1v) is 11.7. The number of rotatable bonds is 10. The lowest BCUT2D eigenvalue weighted by Crippen LogP contribution is -2.42. The number of aliphatic imine (C=N–C) groups is 1. The van der Waals surface area contributed by atoms with Crippen molar-refractivity contribution in [2.45, 2.75) is 25.8 Å². The lowest BCUT2D eigenvalue weighted by molar-refractivity contribution is 0.0179. The van der Waals surface area contributed by atoms with Gasteiger partial charge in [0, 0.05) is 39.3 Å². The topological polar surface area (TPSA) is 61.4 Å². The highest BCUT2D eigenvalue weighted by Gasteiger charge is 2.22. The summed E-state index contributed by atoms with van der Waals surface area (Å²) in [6.07, 6.45) is 2.27. The monoisotopic (exact) mass is 435 g/mol. The van der Waals surface area contributed by atoms with E-state index in [4.69, 9.17) is 14.5 Å². The van der Waals surface area contributed by atoms with E-state index >= 15 is 0 Å². The molecule has 8 heteroatoms. The van der Waals surface area contributed by atoms with E-state index in [1.54, 1.807) is 0 Å². The number of nitrogens with one attached hydrogen (secondary N) is 2. The Kier molecular flexibility index (Phi) is 10.5. The third-order valence-corrected chi connectivity index (χ3v) is 5.81. The van der Waals surface area contributed by atoms with Crippen LogP contribution in [-0.2, 0) is 9.47 Å². The molecule has 0 amide bonds. The van der Waals surface area contributed by atoms with E-state index < -0.39 is 0 Å². The van der Waals surface area contributed by atoms with Crippen LogP contribution in [0, 0.1) is 5.82 Å². The number of unbranched alkanes of at least 4 members (excludes halogenated alkanes) is 1. The Labute approximate surface area is 186 Å². The van der Waals surface area contributed by atoms with Crippen molar-refractivity contribution < 1.29 is 13.9 Å². The summed E-state index contributed by atoms with van der Waals surface area (Å²) in [6.45, 7) is 12.5. The van der Waals surface area contributed by atoms with Gasteiger partial charge in [-0.3, -0.25) is 14.8 Å². The molecule has 2 saturated heterocycles. The molecule has 1 aromatic carbocycles. The van der Waals surface area contributed by atoms with Gasteiger partial charge in [0.25, 0.3) is 0 Å². The van der Waals surface area contributed by atoms with Crippen LogP contribution in [0.15, 0.2) is 29.3 Å². The predicted molar refractivity (Wildman–Crippen MR) is 122 cm³/mol. The SMILES string of the molecule is CCNC(=NCC(c1ccc(F)cc1)N1CCOCC1)NCCCCN1CCOCC1. The Morgan fingerprint density at radius 2 is 1.68 bits per heavy atom. The summed E-state index contributed by atoms with van der Waals surface area (Å²) in [6, 6.07) is 6.92. The van der Waals surface area contributed by atoms with E-state index in [9.17, 15) is 4.39 Å². The van der Waals surface area contributed by atoms with Crippen molar-refractivity contribution >= 4 is 5.96 Å². The number of nitrogens with zero attached hydrogens (tertiary/aromatic N) is 3. The Morgan fingerprint density at radius 3 is 2.35 bits per heavy atom. The zero-order valence-electron chi connectivity index (χ0n) is 18.8. The number of hydrogen-bond donors (Lipinski definition) is 2. The molecular weight excluding hydrogens is 397 g/mol. The molecule has 0 spiro atoms. The quantitative estimate of drug-likeness (QED) is 0.332. The second-order valence-corrected chi connectivity index (χ2v) is 8.02. The molecule has 174 valence electrons. The first-order chi connectivity index (χ1) is 15.3. The molecule has 0 bridgehead atoms. The van der Waals surface area contributed by atoms with Crippen LogP contribution in [0.3, 0.4) is 0 Å². The second kappa shape index (κ2) is 13.6. The van der Waals surface area contributed by atoms with Gasteiger partial charge < -0.3 is 20.1 Å². The molecule has 31 heavy (non-hydrogen) atoms. The Balaban J connectivity index is 1.51. The smallest absolute Gasteiger partial charge is 0.191 e. The maximum Gasteiger partial charge on any atom is 0.191 e. The van der Waals surface area contributed by atoms with Crippen LogP contribution in [0.4, 0.5) is 4.39 Å². The Hall–Kier alpha value is -1.74. The first-order valence-electron chi connectivity index (χ1n) is 11.7. The van der Waals surface area contributed by atoms with Crippen molar-refractivity contribution in [3.8, 4) is 0 Å². The van der Waals surface area contributed by atoms with Crippen molar-refractivity contribution in [1.82, 2.24) is 20.4 Å². The number of guanidine groups is 1. The molecule has 1 unspecified atom stereocenters. The van der Waals surface area contributed by atoms with Crippen LogP contribution < -0.4 is 10.6 Å². The van der Waals surface area contributed by atoms with Gasteiger partial charge in [-0.2, -0.15) is 0 Å². The zero-order chi connectivity index (χ0) is 21.7. The molecule has 0 radical (unpaired) electrons. The fourth-order valence-electron chi connectivity index (χ4n) is 4.02. The maximum absolute atomic E-state index is 13.4. The van der Waals surface area contributed by atoms with E-state index in [0.29, 0.717) is 6.54 Å². The molecule has 1 aromatic rings. The van der Waals surface area contributed by atoms with E-state index in [1.807, 2.05) is 12.1 Å². The molecule has 2 heterocycles. The van der Waals surface area contributed by atoms with Crippen LogP contribution in [0.25, 0.3) is 0 Å². The van der Waals surface area contributed by atoms with E-state index in [0.717, 1.165) is 90.2 Å². The Bertz CT molecular complexity index is 646. The number of benzene rings is 1. The number of ether oxygens (including phenoxy) is 2. The molecule has 2 fully saturated rings. The van der Waals surface area contributed by atoms with Crippen molar-refractivity contribution in [2.75, 3.05) is 78.8 Å². The van der Waals surface area contributed by atoms with Gasteiger partial charge >= 0.3 is 0 Å². The van der Waals surface area contributed by atoms with Crippen LogP contribution >= 0.6 is 0 Å². The minimum atomic E-state index is -0.208. The van der Waals surface area contributed by atoms with Gasteiger partial charge in [-0.25, -0.2) is 4.39 Å². The molecule has 2 N–H and O–H groups in total. The van der Waals surface area contributed by atoms with Crippen LogP contribution in [-0.4, -0.2) is 94.5 Å². The fourth-order valence-corrected chi connectivity index (χ4v) is 4.02. The number of morpholine rings is 2. The lowest BCUT2D eigenvalue weighted by Gasteiger charge is -2.34. The molecule has 2 aliphatic rings. The standard InChI is InChI=1S/C23H38FN5O2/c1-2-25-23(26-9-3-4-10-28-11-15-30-16-12-28)27-19-22(29-13-17-31-18-14-29)20-5-7-21(24)8-6-20/h5-8,22H,2-4,9-19H2,1H3,(H2,25,26,27). The normalized spacial score (nSPS) is 19.9. The van der Waals surface area contributed by atoms with Crippen molar-refractivity contribution in [3.05, 3.63) is 35.6 Å². The van der Waals surface area contributed by atoms with Gasteiger partial charge in [0.05, 0.1) is 39.0 Å². The van der Waals surface area contributed by atoms with E-state index in [-0.39, 0.29) is 11.9 Å². The van der Waals surface area contributed by atoms with Gasteiger partial charge in [-0.15, -0.1) is 0 Å². The maximum atomic E-state index is 13.4. The van der Waals surface area contributed by atoms with Gasteiger partial charge in [0.2, 0.25) is 0 Å². The molecule has 3 rings (SSSR count). The molecule has 7 nitrogen and oxygen atoms in total. The van der Waals surface area contributed by atoms with Crippen LogP contribution in [0.5, 0.6) is 0 Å². The van der Waals surface area contributed by atoms with Gasteiger partial charge in [-0.1, -0.05) is 12.1 Å². The Morgan fingerprint density at radius 1 is 1.00 bits per heavy atom. The summed E-state index contributed by atoms with van der Waals surface area (Å²) in [4.78, 5) is 9.72. The predicted octanol–water partition coefficient (Wildman–Crippen LogP) is 1.87. The van der Waals surface area contributed by atoms with E-state index in [2.05, 4.69) is 27.4 Å². The number of hydrogen-bond acceptors (Lipinski definition) is 5.